The number of nitrogens with zero attached hydrogens (tertiary/aromatic N) is 2. The number of ether oxygens (including phenoxy) is 2. The average molecular weight is 393 g/mol. The van der Waals surface area contributed by atoms with Gasteiger partial charge in [0, 0.05) is 12.4 Å². The number of amides is 1. The highest BCUT2D eigenvalue weighted by atomic mass is 16.6. The molecule has 0 radical (unpaired) electrons. The Labute approximate surface area is 167 Å². The van der Waals surface area contributed by atoms with E-state index in [0.29, 0.717) is 34.0 Å². The number of carbonyl (C=O) groups is 2. The molecule has 3 rings (SSSR count). The smallest absolute Gasteiger partial charge is 0.345 e. The molecule has 0 bridgehead atoms. The van der Waals surface area contributed by atoms with Crippen molar-refractivity contribution in [3.8, 4) is 11.5 Å². The lowest BCUT2D eigenvalue weighted by molar-refractivity contribution is 0.0729. The zero-order chi connectivity index (χ0) is 20.8. The summed E-state index contributed by atoms with van der Waals surface area (Å²) in [6.07, 6.45) is 4.44. The second-order valence-corrected chi connectivity index (χ2v) is 6.07. The maximum atomic E-state index is 12.2. The van der Waals surface area contributed by atoms with E-state index in [2.05, 4.69) is 15.5 Å². The number of esters is 1. The van der Waals surface area contributed by atoms with Crippen molar-refractivity contribution >= 4 is 18.1 Å². The number of hydrogen-bond acceptors (Lipinski definition) is 7. The lowest BCUT2D eigenvalue weighted by Crippen LogP contribution is -2.17. The van der Waals surface area contributed by atoms with Gasteiger partial charge in [0.15, 0.2) is 11.5 Å². The van der Waals surface area contributed by atoms with Gasteiger partial charge in [-0.25, -0.2) is 10.2 Å². The van der Waals surface area contributed by atoms with E-state index in [-0.39, 0.29) is 11.7 Å². The molecule has 29 heavy (non-hydrogen) atoms. The standard InChI is InChI=1S/C21H19N3O5/c1-13-9-17(14(2)28-13)20(25)24-23-11-15-6-7-18(19(10-15)27-3)29-21(26)16-5-4-8-22-12-16/h4-12H,1-3H3,(H,24,25). The fourth-order valence-corrected chi connectivity index (χ4v) is 2.57. The maximum absolute atomic E-state index is 12.2. The van der Waals surface area contributed by atoms with Crippen molar-refractivity contribution in [2.75, 3.05) is 7.11 Å². The Morgan fingerprint density at radius 2 is 2.00 bits per heavy atom. The zero-order valence-electron chi connectivity index (χ0n) is 16.1. The summed E-state index contributed by atoms with van der Waals surface area (Å²) in [5, 5.41) is 3.94. The molecule has 0 fully saturated rings. The molecule has 8 nitrogen and oxygen atoms in total. The normalized spacial score (nSPS) is 10.7. The van der Waals surface area contributed by atoms with Gasteiger partial charge in [-0.1, -0.05) is 0 Å². The first-order valence-electron chi connectivity index (χ1n) is 8.68. The second-order valence-electron chi connectivity index (χ2n) is 6.07. The van der Waals surface area contributed by atoms with Crippen LogP contribution in [0, 0.1) is 13.8 Å². The quantitative estimate of drug-likeness (QED) is 0.298. The van der Waals surface area contributed by atoms with Crippen molar-refractivity contribution in [1.82, 2.24) is 10.4 Å². The summed E-state index contributed by atoms with van der Waals surface area (Å²) in [5.41, 5.74) is 3.84. The molecule has 0 spiro atoms. The van der Waals surface area contributed by atoms with Gasteiger partial charge in [0.2, 0.25) is 0 Å². The van der Waals surface area contributed by atoms with E-state index in [4.69, 9.17) is 13.9 Å². The van der Waals surface area contributed by atoms with Gasteiger partial charge in [0.1, 0.15) is 11.5 Å². The highest BCUT2D eigenvalue weighted by Gasteiger charge is 2.14. The first-order chi connectivity index (χ1) is 14.0. The summed E-state index contributed by atoms with van der Waals surface area (Å²) in [4.78, 5) is 28.2. The van der Waals surface area contributed by atoms with E-state index in [1.54, 1.807) is 56.4 Å². The van der Waals surface area contributed by atoms with Crippen molar-refractivity contribution in [2.24, 2.45) is 5.10 Å². The SMILES string of the molecule is COc1cc(C=NNC(=O)c2cc(C)oc2C)ccc1OC(=O)c1cccnc1. The number of aromatic nitrogens is 1. The van der Waals surface area contributed by atoms with Gasteiger partial charge < -0.3 is 13.9 Å². The number of benzene rings is 1. The number of furan rings is 1. The lowest BCUT2D eigenvalue weighted by atomic mass is 10.2. The lowest BCUT2D eigenvalue weighted by Gasteiger charge is -2.09. The fourth-order valence-electron chi connectivity index (χ4n) is 2.57. The van der Waals surface area contributed by atoms with E-state index < -0.39 is 5.97 Å². The van der Waals surface area contributed by atoms with Gasteiger partial charge in [-0.15, -0.1) is 0 Å². The monoisotopic (exact) mass is 393 g/mol. The van der Waals surface area contributed by atoms with Crippen LogP contribution in [0.2, 0.25) is 0 Å². The summed E-state index contributed by atoms with van der Waals surface area (Å²) in [5.74, 6) is 0.862. The summed E-state index contributed by atoms with van der Waals surface area (Å²) < 4.78 is 16.0. The Hall–Kier alpha value is -3.94. The number of pyridine rings is 1. The number of nitrogens with one attached hydrogen (secondary N) is 1. The Morgan fingerprint density at radius 1 is 1.17 bits per heavy atom. The Kier molecular flexibility index (Phi) is 6.03. The largest absolute Gasteiger partial charge is 0.493 e. The van der Waals surface area contributed by atoms with Crippen molar-refractivity contribution in [3.05, 3.63) is 77.0 Å². The molecule has 0 unspecified atom stereocenters. The molecule has 1 amide bonds. The van der Waals surface area contributed by atoms with Crippen LogP contribution in [-0.4, -0.2) is 30.2 Å². The number of aryl methyl sites for hydroxylation is 2. The van der Waals surface area contributed by atoms with Crippen molar-refractivity contribution in [1.29, 1.82) is 0 Å². The van der Waals surface area contributed by atoms with Crippen LogP contribution in [0.15, 0.2) is 58.3 Å². The summed E-state index contributed by atoms with van der Waals surface area (Å²) in [6.45, 7) is 3.48. The van der Waals surface area contributed by atoms with Crippen LogP contribution in [0.1, 0.15) is 37.8 Å². The number of rotatable bonds is 6. The van der Waals surface area contributed by atoms with Gasteiger partial charge >= 0.3 is 5.97 Å². The average Bonchev–Trinajstić information content (AvgIpc) is 3.07. The molecule has 148 valence electrons. The molecule has 0 aliphatic carbocycles. The van der Waals surface area contributed by atoms with Crippen molar-refractivity contribution < 1.29 is 23.5 Å². The third-order valence-electron chi connectivity index (χ3n) is 3.95. The second kappa shape index (κ2) is 8.83. The van der Waals surface area contributed by atoms with Crippen LogP contribution in [-0.2, 0) is 0 Å². The van der Waals surface area contributed by atoms with E-state index in [9.17, 15) is 9.59 Å². The first kappa shape index (κ1) is 19.8. The van der Waals surface area contributed by atoms with Crippen LogP contribution in [0.3, 0.4) is 0 Å². The van der Waals surface area contributed by atoms with Crippen LogP contribution in [0.5, 0.6) is 11.5 Å². The van der Waals surface area contributed by atoms with Crippen LogP contribution < -0.4 is 14.9 Å². The number of hydrazone groups is 1. The highest BCUT2D eigenvalue weighted by Crippen LogP contribution is 2.28. The van der Waals surface area contributed by atoms with E-state index >= 15 is 0 Å². The molecule has 0 saturated carbocycles. The third-order valence-corrected chi connectivity index (χ3v) is 3.95. The number of hydrogen-bond donors (Lipinski definition) is 1. The molecule has 0 aliphatic rings. The van der Waals surface area contributed by atoms with E-state index in [0.717, 1.165) is 0 Å². The van der Waals surface area contributed by atoms with Crippen molar-refractivity contribution in [3.63, 3.8) is 0 Å². The maximum Gasteiger partial charge on any atom is 0.345 e. The molecule has 2 aromatic heterocycles. The minimum Gasteiger partial charge on any atom is -0.493 e. The van der Waals surface area contributed by atoms with Crippen LogP contribution >= 0.6 is 0 Å². The van der Waals surface area contributed by atoms with Gasteiger partial charge in [0.05, 0.1) is 24.5 Å². The van der Waals surface area contributed by atoms with Crippen LogP contribution in [0.4, 0.5) is 0 Å². The van der Waals surface area contributed by atoms with Gasteiger partial charge in [-0.2, -0.15) is 5.10 Å². The first-order valence-corrected chi connectivity index (χ1v) is 8.68. The Morgan fingerprint density at radius 3 is 2.66 bits per heavy atom. The molecule has 8 heteroatoms. The van der Waals surface area contributed by atoms with Gasteiger partial charge in [0.25, 0.3) is 5.91 Å². The third kappa shape index (κ3) is 4.86. The zero-order valence-corrected chi connectivity index (χ0v) is 16.1. The highest BCUT2D eigenvalue weighted by molar-refractivity contribution is 5.96. The molecule has 1 aromatic carbocycles. The minimum absolute atomic E-state index is 0.257. The molecule has 0 aliphatic heterocycles. The molecular weight excluding hydrogens is 374 g/mol. The van der Waals surface area contributed by atoms with Crippen LogP contribution in [0.25, 0.3) is 0 Å². The Bertz CT molecular complexity index is 1060. The molecule has 1 N–H and O–H groups in total. The summed E-state index contributed by atoms with van der Waals surface area (Å²) in [6, 6.07) is 9.79. The van der Waals surface area contributed by atoms with Gasteiger partial charge in [-0.3, -0.25) is 9.78 Å². The summed E-state index contributed by atoms with van der Waals surface area (Å²) >= 11 is 0. The van der Waals surface area contributed by atoms with E-state index in [1.807, 2.05) is 0 Å². The predicted molar refractivity (Wildman–Crippen MR) is 105 cm³/mol. The minimum atomic E-state index is -0.546. The Balaban J connectivity index is 1.68. The molecule has 3 aromatic rings. The topological polar surface area (TPSA) is 103 Å². The fraction of sp³-hybridized carbons (Fsp3) is 0.143. The summed E-state index contributed by atoms with van der Waals surface area (Å²) in [7, 11) is 1.46. The molecule has 2 heterocycles. The van der Waals surface area contributed by atoms with Gasteiger partial charge in [-0.05, 0) is 55.8 Å². The number of methoxy groups -OCH3 is 1. The number of carbonyl (C=O) groups excluding carboxylic acids is 2. The predicted octanol–water partition coefficient (Wildman–Crippen LogP) is 3.28. The van der Waals surface area contributed by atoms with E-state index in [1.165, 1.54) is 19.5 Å². The molecular formula is C21H19N3O5. The molecule has 0 atom stereocenters. The molecule has 0 saturated heterocycles. The van der Waals surface area contributed by atoms with Crippen molar-refractivity contribution in [2.45, 2.75) is 13.8 Å².